The van der Waals surface area contributed by atoms with Gasteiger partial charge in [-0.05, 0) is 55.8 Å². The van der Waals surface area contributed by atoms with Gasteiger partial charge >= 0.3 is 0 Å². The molecule has 2 atom stereocenters. The van der Waals surface area contributed by atoms with E-state index in [-0.39, 0.29) is 18.6 Å². The van der Waals surface area contributed by atoms with Gasteiger partial charge in [0.05, 0.1) is 13.2 Å². The van der Waals surface area contributed by atoms with Crippen molar-refractivity contribution in [2.75, 3.05) is 33.4 Å². The highest BCUT2D eigenvalue weighted by atomic mass is 16.6. The van der Waals surface area contributed by atoms with Crippen molar-refractivity contribution in [1.82, 2.24) is 10.2 Å². The zero-order valence-corrected chi connectivity index (χ0v) is 16.8. The molecule has 0 spiro atoms. The number of methoxy groups -OCH3 is 1. The molecule has 6 heteroatoms. The standard InChI is InChI=1S/C23H28N2O4/c1-27-18-11-9-17(10-12-18)19(25-13-5-2-6-14-25)15-24-23(26)22-16-28-20-7-3-4-8-21(20)29-22/h3-4,7-12,19,22H,2,5-6,13-16H2,1H3,(H,24,26)/t19-,22-/m1/s1. The van der Waals surface area contributed by atoms with Gasteiger partial charge in [0, 0.05) is 6.54 Å². The van der Waals surface area contributed by atoms with Crippen LogP contribution in [0.15, 0.2) is 48.5 Å². The number of carbonyl (C=O) groups is 1. The average Bonchev–Trinajstić information content (AvgIpc) is 2.80. The van der Waals surface area contributed by atoms with Crippen molar-refractivity contribution in [3.63, 3.8) is 0 Å². The van der Waals surface area contributed by atoms with Crippen LogP contribution in [-0.4, -0.2) is 50.3 Å². The summed E-state index contributed by atoms with van der Waals surface area (Å²) < 4.78 is 16.8. The van der Waals surface area contributed by atoms with E-state index in [4.69, 9.17) is 14.2 Å². The Morgan fingerprint density at radius 3 is 2.55 bits per heavy atom. The number of hydrogen-bond donors (Lipinski definition) is 1. The summed E-state index contributed by atoms with van der Waals surface area (Å²) in [6, 6.07) is 15.7. The smallest absolute Gasteiger partial charge is 0.264 e. The minimum absolute atomic E-state index is 0.127. The molecule has 0 aliphatic carbocycles. The third kappa shape index (κ3) is 4.65. The zero-order valence-electron chi connectivity index (χ0n) is 16.8. The fourth-order valence-electron chi connectivity index (χ4n) is 3.97. The van der Waals surface area contributed by atoms with E-state index in [0.717, 1.165) is 18.8 Å². The van der Waals surface area contributed by atoms with Crippen molar-refractivity contribution >= 4 is 5.91 Å². The highest BCUT2D eigenvalue weighted by Crippen LogP contribution is 2.31. The van der Waals surface area contributed by atoms with Gasteiger partial charge in [-0.1, -0.05) is 30.7 Å². The topological polar surface area (TPSA) is 60.0 Å². The van der Waals surface area contributed by atoms with Crippen molar-refractivity contribution in [2.45, 2.75) is 31.4 Å². The van der Waals surface area contributed by atoms with Crippen molar-refractivity contribution < 1.29 is 19.0 Å². The minimum Gasteiger partial charge on any atom is -0.497 e. The molecule has 2 aliphatic heterocycles. The van der Waals surface area contributed by atoms with Gasteiger partial charge in [0.25, 0.3) is 5.91 Å². The van der Waals surface area contributed by atoms with Crippen LogP contribution in [0.3, 0.4) is 0 Å². The van der Waals surface area contributed by atoms with E-state index in [1.54, 1.807) is 7.11 Å². The molecule has 1 saturated heterocycles. The molecule has 154 valence electrons. The average molecular weight is 396 g/mol. The predicted molar refractivity (Wildman–Crippen MR) is 111 cm³/mol. The molecule has 0 unspecified atom stereocenters. The van der Waals surface area contributed by atoms with E-state index < -0.39 is 6.10 Å². The number of likely N-dealkylation sites (tertiary alicyclic amines) is 1. The largest absolute Gasteiger partial charge is 0.497 e. The number of benzene rings is 2. The van der Waals surface area contributed by atoms with Crippen LogP contribution in [0.2, 0.25) is 0 Å². The molecule has 2 aromatic rings. The lowest BCUT2D eigenvalue weighted by atomic mass is 10.0. The molecule has 2 heterocycles. The Labute approximate surface area is 171 Å². The maximum atomic E-state index is 12.8. The molecule has 6 nitrogen and oxygen atoms in total. The second kappa shape index (κ2) is 9.18. The Bertz CT molecular complexity index is 818. The number of ether oxygens (including phenoxy) is 3. The third-order valence-electron chi connectivity index (χ3n) is 5.60. The van der Waals surface area contributed by atoms with E-state index >= 15 is 0 Å². The number of hydrogen-bond acceptors (Lipinski definition) is 5. The number of amides is 1. The molecular formula is C23H28N2O4. The number of rotatable bonds is 6. The minimum atomic E-state index is -0.636. The van der Waals surface area contributed by atoms with Gasteiger partial charge in [-0.15, -0.1) is 0 Å². The molecule has 2 aliphatic rings. The van der Waals surface area contributed by atoms with E-state index in [1.807, 2.05) is 36.4 Å². The first-order valence-electron chi connectivity index (χ1n) is 10.3. The van der Waals surface area contributed by atoms with E-state index in [9.17, 15) is 4.79 Å². The molecule has 1 fully saturated rings. The lowest BCUT2D eigenvalue weighted by molar-refractivity contribution is -0.130. The quantitative estimate of drug-likeness (QED) is 0.813. The van der Waals surface area contributed by atoms with Gasteiger partial charge in [0.2, 0.25) is 6.10 Å². The van der Waals surface area contributed by atoms with E-state index in [1.165, 1.54) is 24.8 Å². The maximum absolute atomic E-state index is 12.8. The monoisotopic (exact) mass is 396 g/mol. The fourth-order valence-corrected chi connectivity index (χ4v) is 3.97. The lowest BCUT2D eigenvalue weighted by Crippen LogP contribution is -2.47. The Kier molecular flexibility index (Phi) is 6.20. The molecule has 4 rings (SSSR count). The number of nitrogens with zero attached hydrogens (tertiary/aromatic N) is 1. The Hall–Kier alpha value is -2.73. The molecule has 2 aromatic carbocycles. The number of para-hydroxylation sites is 2. The molecule has 0 bridgehead atoms. The predicted octanol–water partition coefficient (Wildman–Crippen LogP) is 3.18. The summed E-state index contributed by atoms with van der Waals surface area (Å²) in [5, 5.41) is 3.09. The highest BCUT2D eigenvalue weighted by molar-refractivity contribution is 5.81. The van der Waals surface area contributed by atoms with Crippen LogP contribution in [0, 0.1) is 0 Å². The Morgan fingerprint density at radius 1 is 1.10 bits per heavy atom. The van der Waals surface area contributed by atoms with Crippen LogP contribution in [0.4, 0.5) is 0 Å². The second-order valence-corrected chi connectivity index (χ2v) is 7.49. The van der Waals surface area contributed by atoms with Gasteiger partial charge in [0.15, 0.2) is 11.5 Å². The number of piperidine rings is 1. The van der Waals surface area contributed by atoms with Gasteiger partial charge in [-0.3, -0.25) is 9.69 Å². The number of fused-ring (bicyclic) bond motifs is 1. The van der Waals surface area contributed by atoms with Crippen LogP contribution < -0.4 is 19.5 Å². The lowest BCUT2D eigenvalue weighted by Gasteiger charge is -2.35. The molecule has 1 N–H and O–H groups in total. The van der Waals surface area contributed by atoms with Gasteiger partial charge in [0.1, 0.15) is 12.4 Å². The van der Waals surface area contributed by atoms with Crippen LogP contribution >= 0.6 is 0 Å². The van der Waals surface area contributed by atoms with Crippen molar-refractivity contribution in [3.05, 3.63) is 54.1 Å². The van der Waals surface area contributed by atoms with Gasteiger partial charge < -0.3 is 19.5 Å². The molecule has 1 amide bonds. The fraction of sp³-hybridized carbons (Fsp3) is 0.435. The highest BCUT2D eigenvalue weighted by Gasteiger charge is 2.29. The first-order chi connectivity index (χ1) is 14.2. The second-order valence-electron chi connectivity index (χ2n) is 7.49. The van der Waals surface area contributed by atoms with Crippen LogP contribution in [-0.2, 0) is 4.79 Å². The molecule has 0 saturated carbocycles. The van der Waals surface area contributed by atoms with Crippen LogP contribution in [0.25, 0.3) is 0 Å². The van der Waals surface area contributed by atoms with Crippen LogP contribution in [0.5, 0.6) is 17.2 Å². The summed E-state index contributed by atoms with van der Waals surface area (Å²) >= 11 is 0. The zero-order chi connectivity index (χ0) is 20.1. The summed E-state index contributed by atoms with van der Waals surface area (Å²) in [7, 11) is 1.67. The Morgan fingerprint density at radius 2 is 1.83 bits per heavy atom. The first kappa shape index (κ1) is 19.6. The first-order valence-corrected chi connectivity index (χ1v) is 10.3. The van der Waals surface area contributed by atoms with Crippen molar-refractivity contribution in [1.29, 1.82) is 0 Å². The van der Waals surface area contributed by atoms with E-state index in [0.29, 0.717) is 18.0 Å². The van der Waals surface area contributed by atoms with E-state index in [2.05, 4.69) is 22.3 Å². The maximum Gasteiger partial charge on any atom is 0.264 e. The summed E-state index contributed by atoms with van der Waals surface area (Å²) in [5.41, 5.74) is 1.18. The van der Waals surface area contributed by atoms with Gasteiger partial charge in [-0.2, -0.15) is 0 Å². The number of carbonyl (C=O) groups excluding carboxylic acids is 1. The molecule has 0 radical (unpaired) electrons. The number of nitrogens with one attached hydrogen (secondary N) is 1. The van der Waals surface area contributed by atoms with Crippen LogP contribution in [0.1, 0.15) is 30.9 Å². The van der Waals surface area contributed by atoms with Crippen molar-refractivity contribution in [2.24, 2.45) is 0 Å². The molecule has 29 heavy (non-hydrogen) atoms. The summed E-state index contributed by atoms with van der Waals surface area (Å²) in [6.07, 6.45) is 3.02. The Balaban J connectivity index is 1.42. The summed E-state index contributed by atoms with van der Waals surface area (Å²) in [4.78, 5) is 15.2. The summed E-state index contributed by atoms with van der Waals surface area (Å²) in [6.45, 7) is 2.85. The molecule has 0 aromatic heterocycles. The SMILES string of the molecule is COc1ccc([C@@H](CNC(=O)[C@H]2COc3ccccc3O2)N2CCCCC2)cc1. The molecular weight excluding hydrogens is 368 g/mol. The normalized spacial score (nSPS) is 20.0. The van der Waals surface area contributed by atoms with Crippen molar-refractivity contribution in [3.8, 4) is 17.2 Å². The third-order valence-corrected chi connectivity index (χ3v) is 5.60. The van der Waals surface area contributed by atoms with Gasteiger partial charge in [-0.25, -0.2) is 0 Å². The summed E-state index contributed by atoms with van der Waals surface area (Å²) in [5.74, 6) is 1.99.